The Morgan fingerprint density at radius 2 is 2.14 bits per heavy atom. The van der Waals surface area contributed by atoms with Crippen molar-refractivity contribution in [2.24, 2.45) is 5.16 Å². The Hall–Kier alpha value is -4.12. The molecule has 0 unspecified atom stereocenters. The summed E-state index contributed by atoms with van der Waals surface area (Å²) in [5, 5.41) is 20.8. The molecule has 0 aromatic carbocycles. The Balaban J connectivity index is 1.30. The number of fused-ring (bicyclic) bond motifs is 2. The van der Waals surface area contributed by atoms with Crippen molar-refractivity contribution in [2.75, 3.05) is 30.0 Å². The summed E-state index contributed by atoms with van der Waals surface area (Å²) >= 11 is 2.43. The Labute approximate surface area is 248 Å². The molecule has 0 spiro atoms. The highest BCUT2D eigenvalue weighted by Crippen LogP contribution is 2.40. The van der Waals surface area contributed by atoms with Crippen LogP contribution in [0.4, 0.5) is 10.9 Å². The SMILES string of the molecule is CC(C)(C)OC(=O)CON=C(C(=O)N[C@@H]1C(=O)N2C(C(=O)O)=C(C[n+]3ccc4n3CCCN4)CS[C@H]12)c1csc(N)n1. The topological polar surface area (TPSA) is 194 Å². The number of rotatable bonds is 9. The molecule has 0 radical (unpaired) electrons. The molecule has 42 heavy (non-hydrogen) atoms. The van der Waals surface area contributed by atoms with Crippen molar-refractivity contribution in [1.82, 2.24) is 19.9 Å². The predicted octanol–water partition coefficient (Wildman–Crippen LogP) is 0.131. The number of thiazole rings is 1. The van der Waals surface area contributed by atoms with Crippen LogP contribution < -0.4 is 21.0 Å². The molecule has 2 aromatic rings. The van der Waals surface area contributed by atoms with Gasteiger partial charge in [-0.05, 0) is 27.2 Å². The summed E-state index contributed by atoms with van der Waals surface area (Å²) in [5.41, 5.74) is 5.30. The minimum Gasteiger partial charge on any atom is -0.477 e. The van der Waals surface area contributed by atoms with E-state index in [2.05, 4.69) is 20.8 Å². The quantitative estimate of drug-likeness (QED) is 0.0980. The summed E-state index contributed by atoms with van der Waals surface area (Å²) in [4.78, 5) is 61.2. The number of nitrogens with one attached hydrogen (secondary N) is 2. The van der Waals surface area contributed by atoms with Gasteiger partial charge in [-0.25, -0.2) is 14.6 Å². The summed E-state index contributed by atoms with van der Waals surface area (Å²) in [6.07, 6.45) is 2.83. The molecule has 3 aliphatic heterocycles. The van der Waals surface area contributed by atoms with Crippen LogP contribution >= 0.6 is 23.1 Å². The number of carboxylic acid groups (broad SMARTS) is 1. The number of thioether (sulfide) groups is 1. The van der Waals surface area contributed by atoms with Gasteiger partial charge in [0.25, 0.3) is 11.8 Å². The number of nitrogen functional groups attached to an aromatic ring is 1. The second-order valence-corrected chi connectivity index (χ2v) is 12.7. The van der Waals surface area contributed by atoms with Crippen LogP contribution in [0.1, 0.15) is 32.9 Å². The number of hydrogen-bond donors (Lipinski definition) is 4. The molecule has 5 N–H and O–H groups in total. The van der Waals surface area contributed by atoms with Gasteiger partial charge in [-0.2, -0.15) is 0 Å². The van der Waals surface area contributed by atoms with Crippen LogP contribution in [0.2, 0.25) is 0 Å². The number of esters is 1. The molecule has 17 heteroatoms. The molecule has 1 saturated heterocycles. The number of anilines is 2. The number of carboxylic acids is 1. The van der Waals surface area contributed by atoms with Crippen LogP contribution in [0.25, 0.3) is 0 Å². The summed E-state index contributed by atoms with van der Waals surface area (Å²) in [6.45, 7) is 6.52. The summed E-state index contributed by atoms with van der Waals surface area (Å²) in [5.74, 6) is -1.95. The first-order valence-corrected chi connectivity index (χ1v) is 15.0. The van der Waals surface area contributed by atoms with Gasteiger partial charge in [-0.15, -0.1) is 32.5 Å². The number of carbonyl (C=O) groups is 4. The molecule has 2 amide bonds. The van der Waals surface area contributed by atoms with E-state index in [0.717, 1.165) is 36.7 Å². The lowest BCUT2D eigenvalue weighted by Gasteiger charge is -2.49. The zero-order chi connectivity index (χ0) is 30.2. The maximum absolute atomic E-state index is 13.3. The molecule has 5 rings (SSSR count). The second-order valence-electron chi connectivity index (χ2n) is 10.7. The summed E-state index contributed by atoms with van der Waals surface area (Å²) < 4.78 is 9.15. The number of aromatic nitrogens is 3. The molecule has 224 valence electrons. The Kier molecular flexibility index (Phi) is 8.14. The van der Waals surface area contributed by atoms with Crippen molar-refractivity contribution in [2.45, 2.75) is 57.3 Å². The van der Waals surface area contributed by atoms with Gasteiger partial charge in [0.2, 0.25) is 6.61 Å². The minimum absolute atomic E-state index is 0.0806. The molecular formula is C25H31N8O7S2+. The third-order valence-electron chi connectivity index (χ3n) is 6.47. The average molecular weight is 620 g/mol. The second kappa shape index (κ2) is 11.6. The van der Waals surface area contributed by atoms with Crippen LogP contribution in [0.15, 0.2) is 34.1 Å². The van der Waals surface area contributed by atoms with E-state index in [1.54, 1.807) is 20.8 Å². The Morgan fingerprint density at radius 1 is 1.36 bits per heavy atom. The smallest absolute Gasteiger partial charge is 0.352 e. The number of oxime groups is 1. The first kappa shape index (κ1) is 29.4. The lowest BCUT2D eigenvalue weighted by atomic mass is 10.0. The molecule has 0 saturated carbocycles. The highest BCUT2D eigenvalue weighted by Gasteiger charge is 2.55. The van der Waals surface area contributed by atoms with Crippen molar-refractivity contribution in [3.8, 4) is 0 Å². The van der Waals surface area contributed by atoms with Crippen LogP contribution in [-0.4, -0.2) is 85.1 Å². The molecule has 0 aliphatic carbocycles. The van der Waals surface area contributed by atoms with Gasteiger partial charge in [-0.1, -0.05) is 5.16 Å². The lowest BCUT2D eigenvalue weighted by Crippen LogP contribution is -2.71. The molecule has 2 aromatic heterocycles. The van der Waals surface area contributed by atoms with Crippen molar-refractivity contribution in [3.63, 3.8) is 0 Å². The molecule has 3 aliphatic rings. The van der Waals surface area contributed by atoms with Gasteiger partial charge in [0.05, 0.1) is 12.6 Å². The van der Waals surface area contributed by atoms with Gasteiger partial charge in [0.1, 0.15) is 28.4 Å². The van der Waals surface area contributed by atoms with Crippen LogP contribution in [0, 0.1) is 0 Å². The molecule has 15 nitrogen and oxygen atoms in total. The average Bonchev–Trinajstić information content (AvgIpc) is 3.54. The van der Waals surface area contributed by atoms with E-state index < -0.39 is 47.4 Å². The Bertz CT molecular complexity index is 1490. The summed E-state index contributed by atoms with van der Waals surface area (Å²) in [7, 11) is 0. The fourth-order valence-electron chi connectivity index (χ4n) is 4.78. The predicted molar refractivity (Wildman–Crippen MR) is 152 cm³/mol. The number of hydrogen-bond acceptors (Lipinski definition) is 12. The number of nitrogens with zero attached hydrogens (tertiary/aromatic N) is 5. The molecule has 1 fully saturated rings. The zero-order valence-electron chi connectivity index (χ0n) is 23.2. The van der Waals surface area contributed by atoms with E-state index in [-0.39, 0.29) is 22.2 Å². The maximum Gasteiger partial charge on any atom is 0.352 e. The van der Waals surface area contributed by atoms with E-state index in [1.165, 1.54) is 22.0 Å². The maximum atomic E-state index is 13.3. The van der Waals surface area contributed by atoms with Gasteiger partial charge < -0.3 is 31.0 Å². The van der Waals surface area contributed by atoms with Crippen molar-refractivity contribution < 1.29 is 38.5 Å². The zero-order valence-corrected chi connectivity index (χ0v) is 24.8. The van der Waals surface area contributed by atoms with E-state index in [4.69, 9.17) is 15.3 Å². The minimum atomic E-state index is -1.21. The van der Waals surface area contributed by atoms with E-state index in [9.17, 15) is 24.3 Å². The van der Waals surface area contributed by atoms with E-state index in [1.807, 2.05) is 21.6 Å². The Morgan fingerprint density at radius 3 is 2.83 bits per heavy atom. The van der Waals surface area contributed by atoms with Crippen LogP contribution in [0.5, 0.6) is 0 Å². The third-order valence-corrected chi connectivity index (χ3v) is 8.49. The monoisotopic (exact) mass is 619 g/mol. The van der Waals surface area contributed by atoms with Gasteiger partial charge in [0.15, 0.2) is 29.4 Å². The van der Waals surface area contributed by atoms with Gasteiger partial charge in [0, 0.05) is 23.3 Å². The number of ether oxygens (including phenoxy) is 1. The number of nitrogens with two attached hydrogens (primary N) is 1. The van der Waals surface area contributed by atoms with E-state index in [0.29, 0.717) is 17.9 Å². The van der Waals surface area contributed by atoms with Gasteiger partial charge in [-0.3, -0.25) is 14.5 Å². The normalized spacial score (nSPS) is 20.2. The first-order chi connectivity index (χ1) is 19.9. The summed E-state index contributed by atoms with van der Waals surface area (Å²) in [6, 6.07) is 0.925. The highest BCUT2D eigenvalue weighted by atomic mass is 32.2. The number of amides is 2. The lowest BCUT2D eigenvalue weighted by molar-refractivity contribution is -0.768. The van der Waals surface area contributed by atoms with Gasteiger partial charge >= 0.3 is 11.9 Å². The first-order valence-electron chi connectivity index (χ1n) is 13.1. The number of aliphatic carboxylic acids is 1. The largest absolute Gasteiger partial charge is 0.477 e. The van der Waals surface area contributed by atoms with Crippen LogP contribution in [0.3, 0.4) is 0 Å². The van der Waals surface area contributed by atoms with Crippen molar-refractivity contribution in [3.05, 3.63) is 34.6 Å². The standard InChI is InChI=1S/C25H30N8O7S2/c1-25(2,3)40-16(34)10-39-30-17(14-12-42-24(26)28-14)20(35)29-18-21(36)33-19(23(37)38)13(11-41-22(18)33)9-31-8-5-15-27-6-4-7-32(15)31/h5,8,12,18,22H,4,6-7,9-11H2,1-3H3,(H4,26,28,29,35,37,38)/p+1/t18-,22-/m1/s1. The molecule has 5 heterocycles. The molecular weight excluding hydrogens is 588 g/mol. The fourth-order valence-corrected chi connectivity index (χ4v) is 6.66. The highest BCUT2D eigenvalue weighted by molar-refractivity contribution is 8.00. The van der Waals surface area contributed by atoms with Crippen molar-refractivity contribution in [1.29, 1.82) is 0 Å². The molecule has 0 bridgehead atoms. The van der Waals surface area contributed by atoms with E-state index >= 15 is 0 Å². The number of carbonyl (C=O) groups excluding carboxylic acids is 3. The van der Waals surface area contributed by atoms with Crippen LogP contribution in [-0.2, 0) is 41.8 Å². The molecule has 2 atom stereocenters. The fraction of sp³-hybridized carbons (Fsp3) is 0.480. The third kappa shape index (κ3) is 6.06. The number of β-lactam (4-membered cyclic amide) rings is 1. The van der Waals surface area contributed by atoms with Crippen molar-refractivity contribution >= 4 is 63.5 Å².